The molecule has 9 heteroatoms. The van der Waals surface area contributed by atoms with Crippen molar-refractivity contribution in [3.63, 3.8) is 0 Å². The highest BCUT2D eigenvalue weighted by atomic mass is 32.2. The molecule has 0 bridgehead atoms. The quantitative estimate of drug-likeness (QED) is 0.379. The fourth-order valence-electron chi connectivity index (χ4n) is 6.01. The van der Waals surface area contributed by atoms with E-state index in [-0.39, 0.29) is 22.7 Å². The maximum atomic E-state index is 13.6. The standard InChI is InChI=1S/C31H41N3O5S/c1-31(2,3)33-40(36,37)27-15-14-25(23-12-8-9-13-24(23)27)28-26(20-21-10-6-5-7-11-21)32-29(39-28)30(35)34(4)22-16-18-38-19-17-22/h8-9,12-15,21-22,33H,5-7,10-11,16-20H2,1-4H3. The Balaban J connectivity index is 1.58. The number of rotatable bonds is 7. The number of nitrogens with zero attached hydrogens (tertiary/aromatic N) is 2. The van der Waals surface area contributed by atoms with Crippen molar-refractivity contribution in [2.24, 2.45) is 5.92 Å². The average molecular weight is 568 g/mol. The summed E-state index contributed by atoms with van der Waals surface area (Å²) in [7, 11) is -1.97. The zero-order valence-electron chi connectivity index (χ0n) is 24.0. The second kappa shape index (κ2) is 11.6. The average Bonchev–Trinajstić information content (AvgIpc) is 3.34. The van der Waals surface area contributed by atoms with Crippen LogP contribution in [0, 0.1) is 5.92 Å². The molecule has 3 aromatic rings. The molecule has 40 heavy (non-hydrogen) atoms. The van der Waals surface area contributed by atoms with E-state index in [1.165, 1.54) is 19.3 Å². The van der Waals surface area contributed by atoms with Crippen LogP contribution >= 0.6 is 0 Å². The summed E-state index contributed by atoms with van der Waals surface area (Å²) in [4.78, 5) is 20.3. The van der Waals surface area contributed by atoms with E-state index >= 15 is 0 Å². The molecule has 8 nitrogen and oxygen atoms in total. The number of carbonyl (C=O) groups is 1. The lowest BCUT2D eigenvalue weighted by atomic mass is 9.85. The number of hydrogen-bond acceptors (Lipinski definition) is 6. The highest BCUT2D eigenvalue weighted by Gasteiger charge is 2.31. The van der Waals surface area contributed by atoms with Gasteiger partial charge in [0, 0.05) is 42.8 Å². The fraction of sp³-hybridized carbons (Fsp3) is 0.548. The first-order valence-electron chi connectivity index (χ1n) is 14.4. The Morgan fingerprint density at radius 2 is 1.68 bits per heavy atom. The molecule has 2 aliphatic rings. The lowest BCUT2D eigenvalue weighted by Gasteiger charge is -2.30. The minimum atomic E-state index is -3.78. The molecule has 216 valence electrons. The lowest BCUT2D eigenvalue weighted by molar-refractivity contribution is 0.0341. The summed E-state index contributed by atoms with van der Waals surface area (Å²) in [5.41, 5.74) is 0.892. The molecule has 1 N–H and O–H groups in total. The van der Waals surface area contributed by atoms with Crippen LogP contribution in [0.25, 0.3) is 22.1 Å². The zero-order chi connectivity index (χ0) is 28.5. The van der Waals surface area contributed by atoms with E-state index in [1.54, 1.807) is 24.1 Å². The Morgan fingerprint density at radius 3 is 2.35 bits per heavy atom. The van der Waals surface area contributed by atoms with E-state index in [9.17, 15) is 13.2 Å². The molecule has 1 aliphatic heterocycles. The smallest absolute Gasteiger partial charge is 0.309 e. The van der Waals surface area contributed by atoms with E-state index < -0.39 is 15.6 Å². The van der Waals surface area contributed by atoms with Crippen LogP contribution in [0.1, 0.15) is 82.1 Å². The molecule has 2 heterocycles. The number of carbonyl (C=O) groups excluding carboxylic acids is 1. The minimum Gasteiger partial charge on any atom is -0.432 e. The molecule has 2 fully saturated rings. The highest BCUT2D eigenvalue weighted by molar-refractivity contribution is 7.89. The number of hydrogen-bond donors (Lipinski definition) is 1. The zero-order valence-corrected chi connectivity index (χ0v) is 24.9. The second-order valence-electron chi connectivity index (χ2n) is 12.3. The molecule has 0 radical (unpaired) electrons. The second-order valence-corrected chi connectivity index (χ2v) is 13.9. The van der Waals surface area contributed by atoms with Gasteiger partial charge < -0.3 is 14.1 Å². The molecule has 0 spiro atoms. The van der Waals surface area contributed by atoms with E-state index in [2.05, 4.69) is 4.72 Å². The Kier molecular flexibility index (Phi) is 8.36. The van der Waals surface area contributed by atoms with Crippen LogP contribution in [-0.2, 0) is 21.2 Å². The number of nitrogens with one attached hydrogen (secondary N) is 1. The molecule has 1 aromatic heterocycles. The van der Waals surface area contributed by atoms with Crippen LogP contribution in [0.4, 0.5) is 0 Å². The van der Waals surface area contributed by atoms with E-state index in [0.717, 1.165) is 48.7 Å². The predicted molar refractivity (Wildman–Crippen MR) is 156 cm³/mol. The van der Waals surface area contributed by atoms with Gasteiger partial charge in [0.25, 0.3) is 5.89 Å². The SMILES string of the molecule is CN(C(=O)c1nc(CC2CCCCC2)c(-c2ccc(S(=O)(=O)NC(C)(C)C)c3ccccc23)o1)C1CCOCC1. The van der Waals surface area contributed by atoms with Crippen LogP contribution in [0.3, 0.4) is 0 Å². The van der Waals surface area contributed by atoms with Crippen molar-refractivity contribution in [2.45, 2.75) is 88.6 Å². The van der Waals surface area contributed by atoms with Crippen molar-refractivity contribution in [3.8, 4) is 11.3 Å². The Bertz CT molecular complexity index is 1460. The van der Waals surface area contributed by atoms with Crippen LogP contribution in [0.2, 0.25) is 0 Å². The largest absolute Gasteiger partial charge is 0.432 e. The Hall–Kier alpha value is -2.75. The lowest BCUT2D eigenvalue weighted by Crippen LogP contribution is -2.40. The molecule has 1 saturated heterocycles. The number of amides is 1. The van der Waals surface area contributed by atoms with Crippen molar-refractivity contribution in [3.05, 3.63) is 48.0 Å². The molecule has 1 saturated carbocycles. The summed E-state index contributed by atoms with van der Waals surface area (Å²) in [6.07, 6.45) is 8.22. The normalized spacial score (nSPS) is 17.8. The number of benzene rings is 2. The number of ether oxygens (including phenoxy) is 1. The predicted octanol–water partition coefficient (Wildman–Crippen LogP) is 5.95. The van der Waals surface area contributed by atoms with Gasteiger partial charge in [0.15, 0.2) is 5.76 Å². The third-order valence-electron chi connectivity index (χ3n) is 8.00. The van der Waals surface area contributed by atoms with E-state index in [0.29, 0.717) is 30.3 Å². The topological polar surface area (TPSA) is 102 Å². The summed E-state index contributed by atoms with van der Waals surface area (Å²) in [6, 6.07) is 11.0. The van der Waals surface area contributed by atoms with Crippen molar-refractivity contribution in [2.75, 3.05) is 20.3 Å². The van der Waals surface area contributed by atoms with Gasteiger partial charge in [0.2, 0.25) is 10.0 Å². The van der Waals surface area contributed by atoms with Gasteiger partial charge in [0.1, 0.15) is 0 Å². The molecule has 1 amide bonds. The van der Waals surface area contributed by atoms with Gasteiger partial charge in [-0.25, -0.2) is 18.1 Å². The summed E-state index contributed by atoms with van der Waals surface area (Å²) in [5.74, 6) is 0.889. The number of aromatic nitrogens is 1. The monoisotopic (exact) mass is 567 g/mol. The first-order valence-corrected chi connectivity index (χ1v) is 15.9. The summed E-state index contributed by atoms with van der Waals surface area (Å²) < 4.78 is 41.3. The van der Waals surface area contributed by atoms with Crippen LogP contribution in [-0.4, -0.2) is 56.1 Å². The van der Waals surface area contributed by atoms with Crippen LogP contribution in [0.15, 0.2) is 45.7 Å². The third kappa shape index (κ3) is 6.26. The van der Waals surface area contributed by atoms with Crippen molar-refractivity contribution >= 4 is 26.7 Å². The number of fused-ring (bicyclic) bond motifs is 1. The first-order chi connectivity index (χ1) is 19.0. The number of oxazole rings is 1. The van der Waals surface area contributed by atoms with Gasteiger partial charge >= 0.3 is 5.91 Å². The molecule has 1 aliphatic carbocycles. The molecule has 0 atom stereocenters. The summed E-state index contributed by atoms with van der Waals surface area (Å²) >= 11 is 0. The summed E-state index contributed by atoms with van der Waals surface area (Å²) in [6.45, 7) is 6.74. The third-order valence-corrected chi connectivity index (χ3v) is 9.82. The van der Waals surface area contributed by atoms with Crippen molar-refractivity contribution in [1.29, 1.82) is 0 Å². The Labute approximate surface area is 237 Å². The summed E-state index contributed by atoms with van der Waals surface area (Å²) in [5, 5.41) is 1.35. The molecule has 5 rings (SSSR count). The van der Waals surface area contributed by atoms with Gasteiger partial charge in [0.05, 0.1) is 10.6 Å². The maximum absolute atomic E-state index is 13.6. The Morgan fingerprint density at radius 1 is 1.00 bits per heavy atom. The first kappa shape index (κ1) is 28.8. The maximum Gasteiger partial charge on any atom is 0.309 e. The molecule has 0 unspecified atom stereocenters. The van der Waals surface area contributed by atoms with Crippen LogP contribution < -0.4 is 4.72 Å². The van der Waals surface area contributed by atoms with Crippen molar-refractivity contribution < 1.29 is 22.4 Å². The van der Waals surface area contributed by atoms with Gasteiger partial charge in [-0.2, -0.15) is 0 Å². The van der Waals surface area contributed by atoms with Gasteiger partial charge in [-0.1, -0.05) is 56.4 Å². The van der Waals surface area contributed by atoms with Crippen molar-refractivity contribution in [1.82, 2.24) is 14.6 Å². The fourth-order valence-corrected chi connectivity index (χ4v) is 7.64. The molecule has 2 aromatic carbocycles. The van der Waals surface area contributed by atoms with Gasteiger partial charge in [-0.15, -0.1) is 0 Å². The van der Waals surface area contributed by atoms with Crippen LogP contribution in [0.5, 0.6) is 0 Å². The highest BCUT2D eigenvalue weighted by Crippen LogP contribution is 2.38. The van der Waals surface area contributed by atoms with E-state index in [4.69, 9.17) is 14.1 Å². The van der Waals surface area contributed by atoms with Gasteiger partial charge in [-0.3, -0.25) is 4.79 Å². The minimum absolute atomic E-state index is 0.0824. The van der Waals surface area contributed by atoms with Gasteiger partial charge in [-0.05, 0) is 63.5 Å². The molecular weight excluding hydrogens is 526 g/mol. The number of sulfonamides is 1. The molecular formula is C31H41N3O5S. The van der Waals surface area contributed by atoms with E-state index in [1.807, 2.05) is 45.0 Å².